The van der Waals surface area contributed by atoms with Gasteiger partial charge in [-0.05, 0) is 68.7 Å². The minimum Gasteiger partial charge on any atom is -0.481 e. The SMILES string of the molecule is Cc1sc(C)c(C(=O)NC2CCC(C(=O)O)CC2)c1Cc1ccc(-c2ccccc2F)cc1. The van der Waals surface area contributed by atoms with E-state index in [1.807, 2.05) is 44.2 Å². The highest BCUT2D eigenvalue weighted by molar-refractivity contribution is 7.12. The van der Waals surface area contributed by atoms with Crippen molar-refractivity contribution in [3.8, 4) is 11.1 Å². The maximum atomic E-state index is 14.1. The number of halogens is 1. The number of hydrogen-bond donors (Lipinski definition) is 2. The fourth-order valence-electron chi connectivity index (χ4n) is 4.68. The van der Waals surface area contributed by atoms with Gasteiger partial charge in [-0.1, -0.05) is 42.5 Å². The molecule has 1 aliphatic carbocycles. The van der Waals surface area contributed by atoms with Crippen molar-refractivity contribution < 1.29 is 19.1 Å². The Kier molecular flexibility index (Phi) is 6.94. The molecule has 1 aromatic heterocycles. The Balaban J connectivity index is 1.49. The normalized spacial score (nSPS) is 18.2. The van der Waals surface area contributed by atoms with Gasteiger partial charge in [0.25, 0.3) is 5.91 Å². The molecular formula is C27H28FNO3S. The molecule has 0 bridgehead atoms. The molecule has 2 aromatic carbocycles. The summed E-state index contributed by atoms with van der Waals surface area (Å²) in [5.74, 6) is -1.36. The predicted molar refractivity (Wildman–Crippen MR) is 129 cm³/mol. The van der Waals surface area contributed by atoms with Crippen LogP contribution >= 0.6 is 11.3 Å². The second-order valence-electron chi connectivity index (χ2n) is 8.78. The van der Waals surface area contributed by atoms with Crippen molar-refractivity contribution in [1.82, 2.24) is 5.32 Å². The molecular weight excluding hydrogens is 437 g/mol. The van der Waals surface area contributed by atoms with Gasteiger partial charge in [0.15, 0.2) is 0 Å². The lowest BCUT2D eigenvalue weighted by molar-refractivity contribution is -0.142. The summed E-state index contributed by atoms with van der Waals surface area (Å²) in [5.41, 5.74) is 4.21. The van der Waals surface area contributed by atoms with E-state index >= 15 is 0 Å². The fraction of sp³-hybridized carbons (Fsp3) is 0.333. The number of carbonyl (C=O) groups is 2. The van der Waals surface area contributed by atoms with E-state index in [1.54, 1.807) is 23.5 Å². The Morgan fingerprint density at radius 3 is 2.30 bits per heavy atom. The zero-order valence-corrected chi connectivity index (χ0v) is 19.7. The molecule has 1 heterocycles. The number of hydrogen-bond acceptors (Lipinski definition) is 3. The van der Waals surface area contributed by atoms with Gasteiger partial charge in [0.05, 0.1) is 11.5 Å². The van der Waals surface area contributed by atoms with Gasteiger partial charge >= 0.3 is 5.97 Å². The number of thiophene rings is 1. The van der Waals surface area contributed by atoms with Gasteiger partial charge in [-0.2, -0.15) is 0 Å². The van der Waals surface area contributed by atoms with Crippen molar-refractivity contribution in [2.45, 2.75) is 52.0 Å². The summed E-state index contributed by atoms with van der Waals surface area (Å²) in [4.78, 5) is 26.5. The number of carbonyl (C=O) groups excluding carboxylic acids is 1. The van der Waals surface area contributed by atoms with Crippen LogP contribution < -0.4 is 5.32 Å². The molecule has 172 valence electrons. The zero-order chi connectivity index (χ0) is 23.5. The number of benzene rings is 2. The number of aliphatic carboxylic acids is 1. The van der Waals surface area contributed by atoms with Crippen molar-refractivity contribution in [2.24, 2.45) is 5.92 Å². The largest absolute Gasteiger partial charge is 0.481 e. The summed E-state index contributed by atoms with van der Waals surface area (Å²) in [6.45, 7) is 4.01. The Labute approximate surface area is 197 Å². The Morgan fingerprint density at radius 1 is 1.00 bits per heavy atom. The van der Waals surface area contributed by atoms with E-state index in [1.165, 1.54) is 6.07 Å². The van der Waals surface area contributed by atoms with Crippen molar-refractivity contribution in [3.05, 3.63) is 80.8 Å². The van der Waals surface area contributed by atoms with Crippen LogP contribution in [0.2, 0.25) is 0 Å². The predicted octanol–water partition coefficient (Wildman–Crippen LogP) is 6.14. The Hall–Kier alpha value is -2.99. The van der Waals surface area contributed by atoms with E-state index in [-0.39, 0.29) is 23.7 Å². The molecule has 2 N–H and O–H groups in total. The third kappa shape index (κ3) is 5.17. The van der Waals surface area contributed by atoms with Crippen LogP contribution in [0.25, 0.3) is 11.1 Å². The van der Waals surface area contributed by atoms with Crippen LogP contribution in [0.5, 0.6) is 0 Å². The molecule has 0 aliphatic heterocycles. The summed E-state index contributed by atoms with van der Waals surface area (Å²) in [7, 11) is 0. The molecule has 1 amide bonds. The highest BCUT2D eigenvalue weighted by Crippen LogP contribution is 2.31. The Morgan fingerprint density at radius 2 is 1.67 bits per heavy atom. The molecule has 4 nitrogen and oxygen atoms in total. The first-order valence-corrected chi connectivity index (χ1v) is 12.1. The van der Waals surface area contributed by atoms with Gasteiger partial charge in [0.2, 0.25) is 0 Å². The maximum Gasteiger partial charge on any atom is 0.306 e. The topological polar surface area (TPSA) is 66.4 Å². The van der Waals surface area contributed by atoms with E-state index in [0.717, 1.165) is 32.0 Å². The van der Waals surface area contributed by atoms with Gasteiger partial charge in [0.1, 0.15) is 5.82 Å². The smallest absolute Gasteiger partial charge is 0.306 e. The molecule has 0 saturated heterocycles. The first-order chi connectivity index (χ1) is 15.8. The van der Waals surface area contributed by atoms with Gasteiger partial charge in [-0.15, -0.1) is 11.3 Å². The average Bonchev–Trinajstić information content (AvgIpc) is 3.07. The minimum absolute atomic E-state index is 0.0145. The number of amides is 1. The number of carboxylic acid groups (broad SMARTS) is 1. The van der Waals surface area contributed by atoms with Crippen molar-refractivity contribution >= 4 is 23.2 Å². The third-order valence-electron chi connectivity index (χ3n) is 6.54. The Bertz CT molecular complexity index is 1160. The van der Waals surface area contributed by atoms with E-state index in [9.17, 15) is 19.1 Å². The molecule has 6 heteroatoms. The quantitative estimate of drug-likeness (QED) is 0.460. The van der Waals surface area contributed by atoms with Crippen LogP contribution in [0.15, 0.2) is 48.5 Å². The van der Waals surface area contributed by atoms with Gasteiger partial charge < -0.3 is 10.4 Å². The molecule has 3 aromatic rings. The highest BCUT2D eigenvalue weighted by Gasteiger charge is 2.28. The summed E-state index contributed by atoms with van der Waals surface area (Å²) in [6.07, 6.45) is 3.21. The monoisotopic (exact) mass is 465 g/mol. The fourth-order valence-corrected chi connectivity index (χ4v) is 5.76. The van der Waals surface area contributed by atoms with Crippen LogP contribution in [0.3, 0.4) is 0 Å². The van der Waals surface area contributed by atoms with Crippen molar-refractivity contribution in [1.29, 1.82) is 0 Å². The van der Waals surface area contributed by atoms with Crippen LogP contribution in [-0.4, -0.2) is 23.0 Å². The van der Waals surface area contributed by atoms with Crippen molar-refractivity contribution in [2.75, 3.05) is 0 Å². The molecule has 1 saturated carbocycles. The number of carboxylic acids is 1. The summed E-state index contributed by atoms with van der Waals surface area (Å²) < 4.78 is 14.1. The summed E-state index contributed by atoms with van der Waals surface area (Å²) >= 11 is 1.62. The standard InChI is InChI=1S/C27H28FNO3S/c1-16-23(15-18-7-9-19(10-8-18)22-5-3-4-6-24(22)28)25(17(2)33-16)26(30)29-21-13-11-20(12-14-21)27(31)32/h3-10,20-21H,11-15H2,1-2H3,(H,29,30)(H,31,32). The van der Waals surface area contributed by atoms with Crippen LogP contribution in [0, 0.1) is 25.6 Å². The lowest BCUT2D eigenvalue weighted by atomic mass is 9.86. The number of rotatable bonds is 6. The van der Waals surface area contributed by atoms with Crippen LogP contribution in [-0.2, 0) is 11.2 Å². The maximum absolute atomic E-state index is 14.1. The van der Waals surface area contributed by atoms with E-state index in [0.29, 0.717) is 37.7 Å². The van der Waals surface area contributed by atoms with Crippen molar-refractivity contribution in [3.63, 3.8) is 0 Å². The first-order valence-electron chi connectivity index (χ1n) is 11.3. The first kappa shape index (κ1) is 23.2. The number of aryl methyl sites for hydroxylation is 2. The third-order valence-corrected chi connectivity index (χ3v) is 7.61. The molecule has 1 fully saturated rings. The van der Waals surface area contributed by atoms with Gasteiger partial charge in [-0.3, -0.25) is 9.59 Å². The summed E-state index contributed by atoms with van der Waals surface area (Å²) in [6, 6.07) is 14.6. The van der Waals surface area contributed by atoms with Gasteiger partial charge in [0, 0.05) is 21.4 Å². The molecule has 0 atom stereocenters. The molecule has 4 rings (SSSR count). The summed E-state index contributed by atoms with van der Waals surface area (Å²) in [5, 5.41) is 12.3. The molecule has 0 spiro atoms. The number of nitrogens with one attached hydrogen (secondary N) is 1. The average molecular weight is 466 g/mol. The van der Waals surface area contributed by atoms with E-state index in [2.05, 4.69) is 5.32 Å². The highest BCUT2D eigenvalue weighted by atomic mass is 32.1. The second kappa shape index (κ2) is 9.87. The van der Waals surface area contributed by atoms with E-state index in [4.69, 9.17) is 0 Å². The lowest BCUT2D eigenvalue weighted by Gasteiger charge is -2.27. The molecule has 33 heavy (non-hydrogen) atoms. The van der Waals surface area contributed by atoms with Crippen LogP contribution in [0.4, 0.5) is 4.39 Å². The second-order valence-corrected chi connectivity index (χ2v) is 10.2. The molecule has 0 unspecified atom stereocenters. The molecule has 1 aliphatic rings. The van der Waals surface area contributed by atoms with E-state index < -0.39 is 5.97 Å². The van der Waals surface area contributed by atoms with Gasteiger partial charge in [-0.25, -0.2) is 4.39 Å². The molecule has 0 radical (unpaired) electrons. The zero-order valence-electron chi connectivity index (χ0n) is 18.9. The lowest BCUT2D eigenvalue weighted by Crippen LogP contribution is -2.39. The van der Waals surface area contributed by atoms with Crippen LogP contribution in [0.1, 0.15) is 56.9 Å². The minimum atomic E-state index is -0.743.